The SMILES string of the molecule is C=C(C)C1CCC2(C(=O)O)CCC3(C)C(CC4OC(=O)CC(O)C5(C)C(C(=C)C)CCC3(C)C45)C12. The largest absolute Gasteiger partial charge is 0.481 e. The molecular formula is C30H44O5. The second kappa shape index (κ2) is 7.69. The van der Waals surface area contributed by atoms with Gasteiger partial charge in [0, 0.05) is 11.3 Å². The minimum atomic E-state index is -0.775. The average Bonchev–Trinajstić information content (AvgIpc) is 3.12. The van der Waals surface area contributed by atoms with Crippen LogP contribution < -0.4 is 0 Å². The van der Waals surface area contributed by atoms with Crippen LogP contribution in [-0.4, -0.2) is 34.4 Å². The molecule has 0 aromatic carbocycles. The third-order valence-electron chi connectivity index (χ3n) is 12.6. The standard InChI is InChI=1S/C30H44O5/c1-16(2)18-8-11-30(26(33)34)13-12-27(5)20(24(18)30)14-21-25-28(27,6)10-9-19(17(3)4)29(25,7)22(31)15-23(32)35-21/h18-22,24-25,31H,1,3,8-15H2,2,4-7H3,(H,33,34). The summed E-state index contributed by atoms with van der Waals surface area (Å²) in [5.41, 5.74) is 0.644. The second-order valence-electron chi connectivity index (χ2n) is 13.7. The van der Waals surface area contributed by atoms with Crippen molar-refractivity contribution in [3.8, 4) is 0 Å². The van der Waals surface area contributed by atoms with E-state index in [9.17, 15) is 19.8 Å². The van der Waals surface area contributed by atoms with Crippen LogP contribution in [0.3, 0.4) is 0 Å². The van der Waals surface area contributed by atoms with Gasteiger partial charge >= 0.3 is 11.9 Å². The number of fused-ring (bicyclic) bond motifs is 4. The molecule has 4 saturated carbocycles. The Bertz CT molecular complexity index is 985. The predicted octanol–water partition coefficient (Wildman–Crippen LogP) is 5.77. The third-order valence-corrected chi connectivity index (χ3v) is 12.6. The summed E-state index contributed by atoms with van der Waals surface area (Å²) in [6, 6.07) is 0. The van der Waals surface area contributed by atoms with Crippen molar-refractivity contribution in [1.29, 1.82) is 0 Å². The van der Waals surface area contributed by atoms with E-state index in [1.807, 2.05) is 0 Å². The number of aliphatic hydroxyl groups excluding tert-OH is 1. The first kappa shape index (κ1) is 25.0. The zero-order valence-electron chi connectivity index (χ0n) is 22.2. The Morgan fingerprint density at radius 2 is 1.69 bits per heavy atom. The molecule has 5 nitrogen and oxygen atoms in total. The lowest BCUT2D eigenvalue weighted by atomic mass is 9.33. The van der Waals surface area contributed by atoms with Crippen molar-refractivity contribution in [2.24, 2.45) is 51.2 Å². The van der Waals surface area contributed by atoms with Crippen molar-refractivity contribution in [1.82, 2.24) is 0 Å². The lowest BCUT2D eigenvalue weighted by Crippen LogP contribution is -2.69. The van der Waals surface area contributed by atoms with E-state index in [1.165, 1.54) is 0 Å². The molecule has 1 aliphatic heterocycles. The molecule has 35 heavy (non-hydrogen) atoms. The van der Waals surface area contributed by atoms with E-state index < -0.39 is 22.9 Å². The van der Waals surface area contributed by atoms with Crippen LogP contribution in [0.2, 0.25) is 0 Å². The van der Waals surface area contributed by atoms with Gasteiger partial charge in [0.2, 0.25) is 0 Å². The highest BCUT2D eigenvalue weighted by atomic mass is 16.5. The van der Waals surface area contributed by atoms with Crippen molar-refractivity contribution in [3.05, 3.63) is 24.3 Å². The van der Waals surface area contributed by atoms with Gasteiger partial charge in [-0.3, -0.25) is 9.59 Å². The molecule has 5 aliphatic rings. The maximum Gasteiger partial charge on any atom is 0.309 e. The minimum Gasteiger partial charge on any atom is -0.481 e. The molecule has 1 heterocycles. The summed E-state index contributed by atoms with van der Waals surface area (Å²) < 4.78 is 6.21. The van der Waals surface area contributed by atoms with Gasteiger partial charge in [-0.25, -0.2) is 0 Å². The van der Waals surface area contributed by atoms with Gasteiger partial charge in [0.05, 0.1) is 17.9 Å². The van der Waals surface area contributed by atoms with Crippen molar-refractivity contribution >= 4 is 11.9 Å². The van der Waals surface area contributed by atoms with Crippen LogP contribution in [0, 0.1) is 51.2 Å². The van der Waals surface area contributed by atoms with E-state index >= 15 is 0 Å². The fourth-order valence-corrected chi connectivity index (χ4v) is 10.8. The summed E-state index contributed by atoms with van der Waals surface area (Å²) in [4.78, 5) is 25.8. The van der Waals surface area contributed by atoms with Crippen LogP contribution in [0.4, 0.5) is 0 Å². The van der Waals surface area contributed by atoms with Gasteiger partial charge in [0.15, 0.2) is 0 Å². The first-order chi connectivity index (χ1) is 16.2. The van der Waals surface area contributed by atoms with E-state index in [2.05, 4.69) is 47.8 Å². The van der Waals surface area contributed by atoms with Gasteiger partial charge in [-0.15, -0.1) is 0 Å². The summed E-state index contributed by atoms with van der Waals surface area (Å²) in [5.74, 6) is -0.528. The predicted molar refractivity (Wildman–Crippen MR) is 134 cm³/mol. The Morgan fingerprint density at radius 1 is 1.00 bits per heavy atom. The molecule has 5 rings (SSSR count). The lowest BCUT2D eigenvalue weighted by Gasteiger charge is -2.71. The molecule has 0 spiro atoms. The highest BCUT2D eigenvalue weighted by Crippen LogP contribution is 2.76. The van der Waals surface area contributed by atoms with Gasteiger partial charge in [0.1, 0.15) is 6.10 Å². The Balaban J connectivity index is 1.69. The molecule has 0 radical (unpaired) electrons. The highest BCUT2D eigenvalue weighted by molar-refractivity contribution is 5.76. The molecule has 194 valence electrons. The number of carbonyl (C=O) groups is 2. The second-order valence-corrected chi connectivity index (χ2v) is 13.7. The molecule has 5 fully saturated rings. The first-order valence-electron chi connectivity index (χ1n) is 13.7. The number of hydrogen-bond acceptors (Lipinski definition) is 4. The normalized spacial score (nSPS) is 52.9. The lowest BCUT2D eigenvalue weighted by molar-refractivity contribution is -0.259. The van der Waals surface area contributed by atoms with Gasteiger partial charge in [-0.1, -0.05) is 45.1 Å². The molecule has 11 atom stereocenters. The smallest absolute Gasteiger partial charge is 0.309 e. The number of aliphatic hydroxyl groups is 1. The molecule has 0 aromatic rings. The van der Waals surface area contributed by atoms with E-state index in [0.717, 1.165) is 36.8 Å². The summed E-state index contributed by atoms with van der Waals surface area (Å²) >= 11 is 0. The fourth-order valence-electron chi connectivity index (χ4n) is 10.8. The number of esters is 1. The van der Waals surface area contributed by atoms with E-state index in [0.29, 0.717) is 19.3 Å². The summed E-state index contributed by atoms with van der Waals surface area (Å²) in [6.07, 6.45) is 4.64. The van der Waals surface area contributed by atoms with Gasteiger partial charge < -0.3 is 14.9 Å². The van der Waals surface area contributed by atoms with Crippen molar-refractivity contribution < 1.29 is 24.5 Å². The number of carbonyl (C=O) groups excluding carboxylic acids is 1. The number of rotatable bonds is 3. The topological polar surface area (TPSA) is 83.8 Å². The number of allylic oxidation sites excluding steroid dienone is 2. The summed E-state index contributed by atoms with van der Waals surface area (Å²) in [7, 11) is 0. The van der Waals surface area contributed by atoms with Crippen LogP contribution in [-0.2, 0) is 14.3 Å². The molecule has 4 aliphatic carbocycles. The van der Waals surface area contributed by atoms with E-state index in [4.69, 9.17) is 4.74 Å². The Labute approximate surface area is 210 Å². The number of aliphatic carboxylic acids is 1. The number of ether oxygens (including phenoxy) is 1. The first-order valence-corrected chi connectivity index (χ1v) is 13.7. The van der Waals surface area contributed by atoms with Gasteiger partial charge in [0.25, 0.3) is 0 Å². The third kappa shape index (κ3) is 2.97. The quantitative estimate of drug-likeness (QED) is 0.392. The fraction of sp³-hybridized carbons (Fsp3) is 0.800. The van der Waals surface area contributed by atoms with Crippen LogP contribution in [0.5, 0.6) is 0 Å². The van der Waals surface area contributed by atoms with Crippen LogP contribution in [0.25, 0.3) is 0 Å². The molecule has 11 unspecified atom stereocenters. The average molecular weight is 485 g/mol. The molecule has 5 heteroatoms. The van der Waals surface area contributed by atoms with Crippen molar-refractivity contribution in [3.63, 3.8) is 0 Å². The van der Waals surface area contributed by atoms with Crippen molar-refractivity contribution in [2.45, 2.75) is 98.2 Å². The van der Waals surface area contributed by atoms with Crippen LogP contribution in [0.15, 0.2) is 24.3 Å². The minimum absolute atomic E-state index is 0.00558. The van der Waals surface area contributed by atoms with Crippen molar-refractivity contribution in [2.75, 3.05) is 0 Å². The molecule has 0 bridgehead atoms. The number of carboxylic acids is 1. The maximum absolute atomic E-state index is 13.0. The van der Waals surface area contributed by atoms with Crippen LogP contribution in [0.1, 0.15) is 86.0 Å². The monoisotopic (exact) mass is 484 g/mol. The summed E-state index contributed by atoms with van der Waals surface area (Å²) in [5, 5.41) is 22.1. The Morgan fingerprint density at radius 3 is 2.29 bits per heavy atom. The molecule has 0 amide bonds. The maximum atomic E-state index is 13.0. The molecule has 0 aromatic heterocycles. The zero-order chi connectivity index (χ0) is 25.7. The van der Waals surface area contributed by atoms with E-state index in [1.54, 1.807) is 0 Å². The highest BCUT2D eigenvalue weighted by Gasteiger charge is 2.74. The molecule has 1 saturated heterocycles. The van der Waals surface area contributed by atoms with Gasteiger partial charge in [-0.2, -0.15) is 0 Å². The summed E-state index contributed by atoms with van der Waals surface area (Å²) in [6.45, 7) is 19.7. The van der Waals surface area contributed by atoms with Gasteiger partial charge in [-0.05, 0) is 93.3 Å². The zero-order valence-corrected chi connectivity index (χ0v) is 22.2. The number of hydrogen-bond donors (Lipinski definition) is 2. The van der Waals surface area contributed by atoms with Crippen LogP contribution >= 0.6 is 0 Å². The Kier molecular flexibility index (Phi) is 5.51. The van der Waals surface area contributed by atoms with E-state index in [-0.39, 0.29) is 58.9 Å². The Hall–Kier alpha value is -1.62. The molecule has 2 N–H and O–H groups in total. The molecular weight excluding hydrogens is 440 g/mol. The number of carboxylic acid groups (broad SMARTS) is 1.